The van der Waals surface area contributed by atoms with Crippen molar-refractivity contribution in [1.29, 1.82) is 0 Å². The molecule has 0 saturated carbocycles. The zero-order valence-electron chi connectivity index (χ0n) is 20.8. The molecular weight excluding hydrogens is 472 g/mol. The van der Waals surface area contributed by atoms with Gasteiger partial charge in [0.25, 0.3) is 11.5 Å². The molecule has 37 heavy (non-hydrogen) atoms. The summed E-state index contributed by atoms with van der Waals surface area (Å²) in [6.45, 7) is 1.34. The van der Waals surface area contributed by atoms with Crippen LogP contribution >= 0.6 is 0 Å². The number of hydrogen-bond donors (Lipinski definition) is 1. The van der Waals surface area contributed by atoms with Crippen molar-refractivity contribution >= 4 is 39.4 Å². The number of amides is 2. The van der Waals surface area contributed by atoms with Gasteiger partial charge in [-0.15, -0.1) is 0 Å². The number of Topliss-reactive ketones (excluding diaryl/α,β-unsaturated/α-hetero) is 1. The van der Waals surface area contributed by atoms with Crippen molar-refractivity contribution in [2.45, 2.75) is 19.4 Å². The highest BCUT2D eigenvalue weighted by Crippen LogP contribution is 2.33. The lowest BCUT2D eigenvalue weighted by molar-refractivity contribution is -0.127. The van der Waals surface area contributed by atoms with Crippen LogP contribution in [-0.4, -0.2) is 70.7 Å². The quantitative estimate of drug-likeness (QED) is 0.375. The van der Waals surface area contributed by atoms with Crippen LogP contribution in [0.15, 0.2) is 59.4 Å². The minimum Gasteiger partial charge on any atom is -0.493 e. The van der Waals surface area contributed by atoms with Crippen molar-refractivity contribution in [1.82, 2.24) is 19.4 Å². The molecule has 9 heteroatoms. The number of likely N-dealkylation sites (N-methyl/N-ethyl adjacent to an activating group) is 1. The molecule has 3 heterocycles. The molecule has 190 valence electrons. The first kappa shape index (κ1) is 24.3. The molecule has 2 amide bonds. The lowest BCUT2D eigenvalue weighted by atomic mass is 10.1. The molecule has 1 saturated heterocycles. The number of rotatable bonds is 8. The van der Waals surface area contributed by atoms with Gasteiger partial charge in [-0.2, -0.15) is 0 Å². The molecule has 1 aliphatic rings. The van der Waals surface area contributed by atoms with Crippen molar-refractivity contribution in [2.24, 2.45) is 0 Å². The normalized spacial score (nSPS) is 13.5. The van der Waals surface area contributed by atoms with Crippen molar-refractivity contribution in [2.75, 3.05) is 33.8 Å². The number of aromatic nitrogens is 2. The Bertz CT molecular complexity index is 1570. The number of para-hydroxylation sites is 1. The Labute approximate surface area is 213 Å². The number of ketones is 1. The topological polar surface area (TPSA) is 105 Å². The lowest BCUT2D eigenvalue weighted by Gasteiger charge is -2.21. The number of pyridine rings is 1. The van der Waals surface area contributed by atoms with E-state index in [1.54, 1.807) is 48.3 Å². The Hall–Kier alpha value is -4.40. The van der Waals surface area contributed by atoms with E-state index in [0.29, 0.717) is 48.0 Å². The number of carbonyl (C=O) groups is 3. The molecule has 0 aliphatic carbocycles. The fourth-order valence-electron chi connectivity index (χ4n) is 4.93. The minimum atomic E-state index is -0.421. The standard InChI is InChI=1S/C28H28N4O5/c1-30(15-16-31-14-8-13-22(31)34)28(36)25-26(37-2)23-24(29-25)19-11-6-7-12-20(19)32(27(23)35)17-21(33)18-9-4-3-5-10-18/h3-7,9-12,29H,8,13-17H2,1-2H3. The smallest absolute Gasteiger partial charge is 0.273 e. The predicted octanol–water partition coefficient (Wildman–Crippen LogP) is 3.07. The number of methoxy groups -OCH3 is 1. The van der Waals surface area contributed by atoms with E-state index in [2.05, 4.69) is 4.98 Å². The molecule has 0 bridgehead atoms. The SMILES string of the molecule is COc1c(C(=O)N(C)CCN2CCCC2=O)[nH]c2c1c(=O)n(CC(=O)c1ccccc1)c1ccccc21. The van der Waals surface area contributed by atoms with Crippen LogP contribution in [-0.2, 0) is 11.3 Å². The van der Waals surface area contributed by atoms with Crippen molar-refractivity contribution in [3.8, 4) is 5.75 Å². The highest BCUT2D eigenvalue weighted by molar-refractivity contribution is 6.11. The molecule has 4 aromatic rings. The van der Waals surface area contributed by atoms with Crippen LogP contribution < -0.4 is 10.3 Å². The van der Waals surface area contributed by atoms with Gasteiger partial charge in [0.05, 0.1) is 24.7 Å². The van der Waals surface area contributed by atoms with Crippen LogP contribution in [0.5, 0.6) is 5.75 Å². The number of likely N-dealkylation sites (tertiary alicyclic amines) is 1. The maximum absolute atomic E-state index is 13.8. The molecule has 5 rings (SSSR count). The van der Waals surface area contributed by atoms with Gasteiger partial charge in [0, 0.05) is 44.1 Å². The third-order valence-electron chi connectivity index (χ3n) is 6.92. The molecule has 2 aromatic heterocycles. The Morgan fingerprint density at radius 1 is 1.05 bits per heavy atom. The zero-order valence-corrected chi connectivity index (χ0v) is 20.8. The number of nitrogens with zero attached hydrogens (tertiary/aromatic N) is 3. The number of hydrogen-bond acceptors (Lipinski definition) is 5. The summed E-state index contributed by atoms with van der Waals surface area (Å²) < 4.78 is 7.03. The average Bonchev–Trinajstić information content (AvgIpc) is 3.52. The summed E-state index contributed by atoms with van der Waals surface area (Å²) >= 11 is 0. The second kappa shape index (κ2) is 9.93. The van der Waals surface area contributed by atoms with E-state index >= 15 is 0 Å². The Morgan fingerprint density at radius 2 is 1.78 bits per heavy atom. The van der Waals surface area contributed by atoms with Crippen LogP contribution in [0.3, 0.4) is 0 Å². The Kier molecular flexibility index (Phi) is 6.52. The molecule has 0 atom stereocenters. The highest BCUT2D eigenvalue weighted by Gasteiger charge is 2.27. The van der Waals surface area contributed by atoms with Crippen molar-refractivity contribution < 1.29 is 19.1 Å². The van der Waals surface area contributed by atoms with Crippen LogP contribution in [0.4, 0.5) is 0 Å². The van der Waals surface area contributed by atoms with Gasteiger partial charge in [-0.25, -0.2) is 0 Å². The van der Waals surface area contributed by atoms with E-state index in [4.69, 9.17) is 4.74 Å². The molecule has 1 fully saturated rings. The van der Waals surface area contributed by atoms with Gasteiger partial charge in [-0.3, -0.25) is 23.7 Å². The van der Waals surface area contributed by atoms with Gasteiger partial charge < -0.3 is 19.5 Å². The van der Waals surface area contributed by atoms with Crippen molar-refractivity contribution in [3.05, 3.63) is 76.2 Å². The van der Waals surface area contributed by atoms with E-state index < -0.39 is 5.56 Å². The van der Waals surface area contributed by atoms with Crippen LogP contribution in [0.1, 0.15) is 33.7 Å². The number of H-pyrrole nitrogens is 1. The number of nitrogens with one attached hydrogen (secondary N) is 1. The second-order valence-corrected chi connectivity index (χ2v) is 9.19. The number of ether oxygens (including phenoxy) is 1. The van der Waals surface area contributed by atoms with Gasteiger partial charge in [0.2, 0.25) is 5.91 Å². The summed E-state index contributed by atoms with van der Waals surface area (Å²) in [7, 11) is 3.07. The van der Waals surface area contributed by atoms with Gasteiger partial charge in [-0.1, -0.05) is 48.5 Å². The highest BCUT2D eigenvalue weighted by atomic mass is 16.5. The first-order valence-corrected chi connectivity index (χ1v) is 12.2. The van der Waals surface area contributed by atoms with Crippen LogP contribution in [0.25, 0.3) is 21.8 Å². The molecule has 9 nitrogen and oxygen atoms in total. The van der Waals surface area contributed by atoms with E-state index in [0.717, 1.165) is 6.42 Å². The number of benzene rings is 2. The second-order valence-electron chi connectivity index (χ2n) is 9.19. The van der Waals surface area contributed by atoms with E-state index in [9.17, 15) is 19.2 Å². The largest absolute Gasteiger partial charge is 0.493 e. The molecular formula is C28H28N4O5. The molecule has 1 N–H and O–H groups in total. The summed E-state index contributed by atoms with van der Waals surface area (Å²) in [5.41, 5.74) is 1.30. The number of carbonyl (C=O) groups excluding carboxylic acids is 3. The average molecular weight is 501 g/mol. The zero-order chi connectivity index (χ0) is 26.1. The van der Waals surface area contributed by atoms with Crippen LogP contribution in [0.2, 0.25) is 0 Å². The van der Waals surface area contributed by atoms with E-state index in [1.165, 1.54) is 16.6 Å². The maximum Gasteiger partial charge on any atom is 0.273 e. The summed E-state index contributed by atoms with van der Waals surface area (Å²) in [4.78, 5) is 58.6. The predicted molar refractivity (Wildman–Crippen MR) is 140 cm³/mol. The summed E-state index contributed by atoms with van der Waals surface area (Å²) in [5.74, 6) is -0.314. The fourth-order valence-corrected chi connectivity index (χ4v) is 4.93. The van der Waals surface area contributed by atoms with Crippen molar-refractivity contribution in [3.63, 3.8) is 0 Å². The summed E-state index contributed by atoms with van der Waals surface area (Å²) in [6, 6.07) is 16.1. The van der Waals surface area contributed by atoms with E-state index in [1.807, 2.05) is 18.2 Å². The molecule has 0 radical (unpaired) electrons. The molecule has 0 unspecified atom stereocenters. The monoisotopic (exact) mass is 500 g/mol. The number of fused-ring (bicyclic) bond motifs is 3. The Morgan fingerprint density at radius 3 is 2.49 bits per heavy atom. The Balaban J connectivity index is 1.56. The van der Waals surface area contributed by atoms with Crippen LogP contribution in [0, 0.1) is 0 Å². The summed E-state index contributed by atoms with van der Waals surface area (Å²) in [5, 5.41) is 0.911. The summed E-state index contributed by atoms with van der Waals surface area (Å²) in [6.07, 6.45) is 1.37. The molecule has 2 aromatic carbocycles. The van der Waals surface area contributed by atoms with E-state index in [-0.39, 0.29) is 41.0 Å². The first-order valence-electron chi connectivity index (χ1n) is 12.2. The maximum atomic E-state index is 13.8. The minimum absolute atomic E-state index is 0.0983. The van der Waals surface area contributed by atoms with Gasteiger partial charge in [-0.05, 0) is 12.5 Å². The van der Waals surface area contributed by atoms with Gasteiger partial charge in [0.15, 0.2) is 11.5 Å². The van der Waals surface area contributed by atoms with Gasteiger partial charge in [0.1, 0.15) is 11.1 Å². The number of aromatic amines is 1. The first-order chi connectivity index (χ1) is 17.9. The third-order valence-corrected chi connectivity index (χ3v) is 6.92. The molecule has 1 aliphatic heterocycles. The molecule has 0 spiro atoms. The van der Waals surface area contributed by atoms with Gasteiger partial charge >= 0.3 is 0 Å². The fraction of sp³-hybridized carbons (Fsp3) is 0.286. The third kappa shape index (κ3) is 4.37. The lowest BCUT2D eigenvalue weighted by Crippen LogP contribution is -2.37.